The summed E-state index contributed by atoms with van der Waals surface area (Å²) in [5.74, 6) is -1.31. The lowest BCUT2D eigenvalue weighted by atomic mass is 10.2. The van der Waals surface area contributed by atoms with Gasteiger partial charge in [0.1, 0.15) is 0 Å². The summed E-state index contributed by atoms with van der Waals surface area (Å²) in [6, 6.07) is 15.4. The van der Waals surface area contributed by atoms with Crippen molar-refractivity contribution in [2.24, 2.45) is 0 Å². The molecule has 0 heterocycles. The van der Waals surface area contributed by atoms with Crippen LogP contribution in [-0.2, 0) is 22.7 Å². The second-order valence-corrected chi connectivity index (χ2v) is 6.86. The lowest BCUT2D eigenvalue weighted by molar-refractivity contribution is -0.136. The van der Waals surface area contributed by atoms with Gasteiger partial charge in [-0.25, -0.2) is 0 Å². The van der Waals surface area contributed by atoms with E-state index in [4.69, 9.17) is 0 Å². The predicted molar refractivity (Wildman–Crippen MR) is 114 cm³/mol. The molecule has 2 aromatic carbocycles. The Kier molecular flexibility index (Phi) is 8.02. The van der Waals surface area contributed by atoms with Crippen LogP contribution in [-0.4, -0.2) is 43.9 Å². The van der Waals surface area contributed by atoms with Crippen LogP contribution in [0, 0.1) is 0 Å². The molecule has 0 aliphatic heterocycles. The monoisotopic (exact) mass is 382 g/mol. The van der Waals surface area contributed by atoms with Gasteiger partial charge in [-0.3, -0.25) is 14.5 Å². The van der Waals surface area contributed by atoms with Crippen LogP contribution in [0.5, 0.6) is 0 Å². The van der Waals surface area contributed by atoms with Gasteiger partial charge in [0.05, 0.1) is 0 Å². The summed E-state index contributed by atoms with van der Waals surface area (Å²) in [6.07, 6.45) is 0. The maximum Gasteiger partial charge on any atom is 0.313 e. The Hall–Kier alpha value is -2.86. The smallest absolute Gasteiger partial charge is 0.313 e. The number of amides is 2. The topological polar surface area (TPSA) is 64.7 Å². The van der Waals surface area contributed by atoms with E-state index in [9.17, 15) is 9.59 Å². The molecule has 0 saturated heterocycles. The van der Waals surface area contributed by atoms with Crippen molar-refractivity contribution >= 4 is 23.2 Å². The third kappa shape index (κ3) is 6.39. The molecule has 28 heavy (non-hydrogen) atoms. The molecular weight excluding hydrogens is 352 g/mol. The predicted octanol–water partition coefficient (Wildman–Crippen LogP) is 2.85. The summed E-state index contributed by atoms with van der Waals surface area (Å²) >= 11 is 0. The highest BCUT2D eigenvalue weighted by Crippen LogP contribution is 2.13. The molecule has 2 N–H and O–H groups in total. The minimum Gasteiger partial charge on any atom is -0.378 e. The molecule has 6 heteroatoms. The molecule has 2 amide bonds. The van der Waals surface area contributed by atoms with E-state index in [1.54, 1.807) is 6.07 Å². The molecule has 0 radical (unpaired) electrons. The van der Waals surface area contributed by atoms with Gasteiger partial charge in [-0.1, -0.05) is 38.1 Å². The normalized spacial score (nSPS) is 10.6. The number of hydrogen-bond acceptors (Lipinski definition) is 4. The van der Waals surface area contributed by atoms with E-state index in [-0.39, 0.29) is 0 Å². The first-order valence-electron chi connectivity index (χ1n) is 9.59. The molecule has 0 bridgehead atoms. The minimum absolute atomic E-state index is 0.308. The summed E-state index contributed by atoms with van der Waals surface area (Å²) < 4.78 is 0. The van der Waals surface area contributed by atoms with Crippen molar-refractivity contribution in [1.82, 2.24) is 10.2 Å². The molecule has 150 valence electrons. The molecule has 0 atom stereocenters. The Bertz CT molecular complexity index is 783. The van der Waals surface area contributed by atoms with E-state index in [1.807, 2.05) is 61.5 Å². The molecule has 2 rings (SSSR count). The molecule has 6 nitrogen and oxygen atoms in total. The summed E-state index contributed by atoms with van der Waals surface area (Å²) in [6.45, 7) is 7.28. The zero-order valence-corrected chi connectivity index (χ0v) is 17.2. The highest BCUT2D eigenvalue weighted by Gasteiger charge is 2.14. The zero-order valence-electron chi connectivity index (χ0n) is 17.2. The maximum atomic E-state index is 12.2. The van der Waals surface area contributed by atoms with Gasteiger partial charge >= 0.3 is 11.8 Å². The van der Waals surface area contributed by atoms with Gasteiger partial charge in [0.2, 0.25) is 0 Å². The largest absolute Gasteiger partial charge is 0.378 e. The molecule has 0 aliphatic rings. The number of nitrogens with one attached hydrogen (secondary N) is 2. The van der Waals surface area contributed by atoms with E-state index in [0.717, 1.165) is 36.4 Å². The van der Waals surface area contributed by atoms with Gasteiger partial charge in [-0.05, 0) is 48.5 Å². The van der Waals surface area contributed by atoms with Crippen molar-refractivity contribution < 1.29 is 9.59 Å². The summed E-state index contributed by atoms with van der Waals surface area (Å²) in [4.78, 5) is 28.6. The molecule has 0 aromatic heterocycles. The van der Waals surface area contributed by atoms with Gasteiger partial charge in [-0.15, -0.1) is 0 Å². The quantitative estimate of drug-likeness (QED) is 0.689. The first kappa shape index (κ1) is 21.4. The van der Waals surface area contributed by atoms with Crippen LogP contribution in [0.3, 0.4) is 0 Å². The van der Waals surface area contributed by atoms with Crippen molar-refractivity contribution in [2.75, 3.05) is 37.4 Å². The number of carbonyl (C=O) groups excluding carboxylic acids is 2. The average Bonchev–Trinajstić information content (AvgIpc) is 2.70. The maximum absolute atomic E-state index is 12.2. The summed E-state index contributed by atoms with van der Waals surface area (Å²) in [7, 11) is 3.94. The molecule has 2 aromatic rings. The fraction of sp³-hybridized carbons (Fsp3) is 0.364. The van der Waals surface area contributed by atoms with Gasteiger partial charge in [-0.2, -0.15) is 0 Å². The highest BCUT2D eigenvalue weighted by atomic mass is 16.2. The van der Waals surface area contributed by atoms with Crippen LogP contribution in [0.4, 0.5) is 11.4 Å². The number of rotatable bonds is 8. The highest BCUT2D eigenvalue weighted by molar-refractivity contribution is 6.39. The number of carbonyl (C=O) groups is 2. The molecule has 0 spiro atoms. The van der Waals surface area contributed by atoms with E-state index >= 15 is 0 Å². The Morgan fingerprint density at radius 3 is 2.18 bits per heavy atom. The first-order valence-corrected chi connectivity index (χ1v) is 9.59. The molecule has 0 fully saturated rings. The number of anilines is 2. The Morgan fingerprint density at radius 2 is 1.57 bits per heavy atom. The van der Waals surface area contributed by atoms with E-state index < -0.39 is 11.8 Å². The standard InChI is InChI=1S/C22H30N4O2/c1-5-26(6-2)16-18-8-7-9-19(14-18)24-22(28)21(27)23-15-17-10-12-20(13-11-17)25(3)4/h7-14H,5-6,15-16H2,1-4H3,(H,23,27)(H,24,28). The van der Waals surface area contributed by atoms with Crippen LogP contribution in [0.25, 0.3) is 0 Å². The van der Waals surface area contributed by atoms with Crippen molar-refractivity contribution in [3.8, 4) is 0 Å². The van der Waals surface area contributed by atoms with Gasteiger partial charge in [0, 0.05) is 38.6 Å². The van der Waals surface area contributed by atoms with Crippen LogP contribution in [0.1, 0.15) is 25.0 Å². The number of benzene rings is 2. The van der Waals surface area contributed by atoms with E-state index in [0.29, 0.717) is 12.2 Å². The SMILES string of the molecule is CCN(CC)Cc1cccc(NC(=O)C(=O)NCc2ccc(N(C)C)cc2)c1. The molecular formula is C22H30N4O2. The third-order valence-electron chi connectivity index (χ3n) is 4.60. The van der Waals surface area contributed by atoms with Gasteiger partial charge in [0.15, 0.2) is 0 Å². The Balaban J connectivity index is 1.89. The Labute approximate surface area is 167 Å². The second-order valence-electron chi connectivity index (χ2n) is 6.86. The lowest BCUT2D eigenvalue weighted by Crippen LogP contribution is -2.35. The van der Waals surface area contributed by atoms with Crippen LogP contribution < -0.4 is 15.5 Å². The van der Waals surface area contributed by atoms with E-state index in [2.05, 4.69) is 29.4 Å². The fourth-order valence-corrected chi connectivity index (χ4v) is 2.82. The lowest BCUT2D eigenvalue weighted by Gasteiger charge is -2.18. The molecule has 0 saturated carbocycles. The number of hydrogen-bond donors (Lipinski definition) is 2. The van der Waals surface area contributed by atoms with Crippen LogP contribution in [0.15, 0.2) is 48.5 Å². The van der Waals surface area contributed by atoms with Crippen LogP contribution >= 0.6 is 0 Å². The van der Waals surface area contributed by atoms with Crippen molar-refractivity contribution in [2.45, 2.75) is 26.9 Å². The second kappa shape index (κ2) is 10.5. The average molecular weight is 383 g/mol. The third-order valence-corrected chi connectivity index (χ3v) is 4.60. The van der Waals surface area contributed by atoms with Gasteiger partial charge < -0.3 is 15.5 Å². The van der Waals surface area contributed by atoms with E-state index in [1.165, 1.54) is 0 Å². The van der Waals surface area contributed by atoms with Crippen LogP contribution in [0.2, 0.25) is 0 Å². The van der Waals surface area contributed by atoms with Gasteiger partial charge in [0.25, 0.3) is 0 Å². The van der Waals surface area contributed by atoms with Crippen molar-refractivity contribution in [3.05, 3.63) is 59.7 Å². The summed E-state index contributed by atoms with van der Waals surface area (Å²) in [5.41, 5.74) is 3.74. The first-order chi connectivity index (χ1) is 13.4. The number of nitrogens with zero attached hydrogens (tertiary/aromatic N) is 2. The fourth-order valence-electron chi connectivity index (χ4n) is 2.82. The molecule has 0 aliphatic carbocycles. The Morgan fingerprint density at radius 1 is 0.893 bits per heavy atom. The minimum atomic E-state index is -0.662. The summed E-state index contributed by atoms with van der Waals surface area (Å²) in [5, 5.41) is 5.34. The molecule has 0 unspecified atom stereocenters. The van der Waals surface area contributed by atoms with Crippen molar-refractivity contribution in [1.29, 1.82) is 0 Å². The zero-order chi connectivity index (χ0) is 20.5. The van der Waals surface area contributed by atoms with Crippen molar-refractivity contribution in [3.63, 3.8) is 0 Å².